The van der Waals surface area contributed by atoms with Gasteiger partial charge in [0.25, 0.3) is 0 Å². The van der Waals surface area contributed by atoms with Gasteiger partial charge < -0.3 is 0 Å². The summed E-state index contributed by atoms with van der Waals surface area (Å²) in [5.74, 6) is 2.37. The molecule has 2 heteroatoms. The first-order valence-electron chi connectivity index (χ1n) is 10.5. The first kappa shape index (κ1) is 18.4. The predicted molar refractivity (Wildman–Crippen MR) is 97.4 cm³/mol. The van der Waals surface area contributed by atoms with Crippen molar-refractivity contribution in [1.82, 2.24) is 0 Å². The number of hydrogen-bond donors (Lipinski definition) is 0. The van der Waals surface area contributed by atoms with Gasteiger partial charge in [-0.1, -0.05) is 25.8 Å². The van der Waals surface area contributed by atoms with Gasteiger partial charge in [0.2, 0.25) is 0 Å². The third kappa shape index (κ3) is 4.05. The van der Waals surface area contributed by atoms with Gasteiger partial charge in [-0.3, -0.25) is 0 Å². The van der Waals surface area contributed by atoms with Crippen LogP contribution in [0.5, 0.6) is 0 Å². The Labute approximate surface area is 147 Å². The minimum absolute atomic E-state index is 0.000791. The SMILES string of the molecule is C=CCC1CCC(C2CCC(C3CCC(C)CC3)C(F)C2F)CC1. The molecule has 0 amide bonds. The highest BCUT2D eigenvalue weighted by Gasteiger charge is 2.46. The molecule has 0 radical (unpaired) electrons. The second kappa shape index (κ2) is 8.32. The molecule has 0 bridgehead atoms. The molecule has 24 heavy (non-hydrogen) atoms. The van der Waals surface area contributed by atoms with E-state index in [2.05, 4.69) is 13.5 Å². The number of alkyl halides is 2. The van der Waals surface area contributed by atoms with Crippen LogP contribution in [0, 0.1) is 35.5 Å². The molecule has 0 saturated heterocycles. The third-order valence-corrected chi connectivity index (χ3v) is 7.62. The summed E-state index contributed by atoms with van der Waals surface area (Å²) in [6.07, 6.45) is 11.8. The van der Waals surface area contributed by atoms with Gasteiger partial charge in [0.15, 0.2) is 0 Å². The topological polar surface area (TPSA) is 0 Å². The quantitative estimate of drug-likeness (QED) is 0.489. The molecule has 3 fully saturated rings. The second-order valence-electron chi connectivity index (χ2n) is 9.12. The lowest BCUT2D eigenvalue weighted by Crippen LogP contribution is -2.45. The van der Waals surface area contributed by atoms with E-state index in [1.165, 1.54) is 25.7 Å². The van der Waals surface area contributed by atoms with E-state index in [0.717, 1.165) is 56.8 Å². The molecule has 0 heterocycles. The van der Waals surface area contributed by atoms with Crippen LogP contribution in [0.3, 0.4) is 0 Å². The van der Waals surface area contributed by atoms with Crippen LogP contribution in [0.15, 0.2) is 12.7 Å². The van der Waals surface area contributed by atoms with E-state index in [-0.39, 0.29) is 11.8 Å². The molecule has 4 atom stereocenters. The maximum Gasteiger partial charge on any atom is 0.134 e. The Morgan fingerprint density at radius 1 is 0.750 bits per heavy atom. The van der Waals surface area contributed by atoms with Crippen molar-refractivity contribution in [2.75, 3.05) is 0 Å². The molecule has 0 N–H and O–H groups in total. The molecule has 3 saturated carbocycles. The Kier molecular flexibility index (Phi) is 6.38. The average molecular weight is 339 g/mol. The van der Waals surface area contributed by atoms with Crippen LogP contribution in [0.4, 0.5) is 8.78 Å². The summed E-state index contributed by atoms with van der Waals surface area (Å²) in [6, 6.07) is 0. The van der Waals surface area contributed by atoms with E-state index in [1.54, 1.807) is 0 Å². The summed E-state index contributed by atoms with van der Waals surface area (Å²) in [5, 5.41) is 0. The van der Waals surface area contributed by atoms with E-state index >= 15 is 0 Å². The zero-order valence-corrected chi connectivity index (χ0v) is 15.4. The molecule has 0 spiro atoms. The average Bonchev–Trinajstić information content (AvgIpc) is 2.59. The van der Waals surface area contributed by atoms with E-state index in [4.69, 9.17) is 0 Å². The zero-order valence-electron chi connectivity index (χ0n) is 15.4. The van der Waals surface area contributed by atoms with E-state index in [0.29, 0.717) is 11.8 Å². The van der Waals surface area contributed by atoms with Crippen molar-refractivity contribution in [3.8, 4) is 0 Å². The summed E-state index contributed by atoms with van der Waals surface area (Å²) >= 11 is 0. The third-order valence-electron chi connectivity index (χ3n) is 7.62. The summed E-state index contributed by atoms with van der Waals surface area (Å²) in [6.45, 7) is 6.13. The van der Waals surface area contributed by atoms with Gasteiger partial charge >= 0.3 is 0 Å². The molecule has 4 unspecified atom stereocenters. The first-order valence-corrected chi connectivity index (χ1v) is 10.5. The summed E-state index contributed by atoms with van der Waals surface area (Å²) in [5.41, 5.74) is 0. The predicted octanol–water partition coefficient (Wildman–Crippen LogP) is 6.90. The summed E-state index contributed by atoms with van der Waals surface area (Å²) < 4.78 is 29.9. The fourth-order valence-electron chi connectivity index (χ4n) is 5.97. The Hall–Kier alpha value is -0.400. The molecule has 3 rings (SSSR count). The van der Waals surface area contributed by atoms with Crippen molar-refractivity contribution in [3.63, 3.8) is 0 Å². The molecule has 0 aliphatic heterocycles. The molecule has 3 aliphatic rings. The van der Waals surface area contributed by atoms with E-state index < -0.39 is 12.3 Å². The largest absolute Gasteiger partial charge is 0.244 e. The zero-order chi connectivity index (χ0) is 17.1. The van der Waals surface area contributed by atoms with Crippen LogP contribution in [0.25, 0.3) is 0 Å². The van der Waals surface area contributed by atoms with Gasteiger partial charge in [0, 0.05) is 0 Å². The molecule has 0 aromatic carbocycles. The lowest BCUT2D eigenvalue weighted by atomic mass is 9.63. The highest BCUT2D eigenvalue weighted by Crippen LogP contribution is 2.48. The molecule has 0 nitrogen and oxygen atoms in total. The molecule has 0 aromatic rings. The number of allylic oxidation sites excluding steroid dienone is 1. The van der Waals surface area contributed by atoms with Crippen LogP contribution < -0.4 is 0 Å². The molecule has 3 aliphatic carbocycles. The van der Waals surface area contributed by atoms with Crippen LogP contribution in [-0.4, -0.2) is 12.3 Å². The highest BCUT2D eigenvalue weighted by molar-refractivity contribution is 4.95. The van der Waals surface area contributed by atoms with Gasteiger partial charge in [-0.2, -0.15) is 0 Å². The van der Waals surface area contributed by atoms with Crippen molar-refractivity contribution in [1.29, 1.82) is 0 Å². The van der Waals surface area contributed by atoms with Crippen LogP contribution in [0.1, 0.15) is 77.6 Å². The summed E-state index contributed by atoms with van der Waals surface area (Å²) in [7, 11) is 0. The van der Waals surface area contributed by atoms with Gasteiger partial charge in [0.1, 0.15) is 12.3 Å². The number of halogens is 2. The Morgan fingerprint density at radius 2 is 1.21 bits per heavy atom. The van der Waals surface area contributed by atoms with E-state index in [1.807, 2.05) is 6.08 Å². The Morgan fingerprint density at radius 3 is 1.67 bits per heavy atom. The molecule has 138 valence electrons. The van der Waals surface area contributed by atoms with Crippen LogP contribution in [0.2, 0.25) is 0 Å². The standard InChI is InChI=1S/C22H36F2/c1-3-4-16-7-11-18(12-8-16)20-14-13-19(21(23)22(20)24)17-9-5-15(2)6-10-17/h3,15-22H,1,4-14H2,2H3. The van der Waals surface area contributed by atoms with Crippen LogP contribution >= 0.6 is 0 Å². The van der Waals surface area contributed by atoms with Crippen molar-refractivity contribution in [2.24, 2.45) is 35.5 Å². The lowest BCUT2D eigenvalue weighted by Gasteiger charge is -2.44. The highest BCUT2D eigenvalue weighted by atomic mass is 19.2. The van der Waals surface area contributed by atoms with Gasteiger partial charge in [-0.15, -0.1) is 6.58 Å². The normalized spacial score (nSPS) is 47.3. The van der Waals surface area contributed by atoms with E-state index in [9.17, 15) is 8.78 Å². The lowest BCUT2D eigenvalue weighted by molar-refractivity contribution is -0.0362. The fraction of sp³-hybridized carbons (Fsp3) is 0.909. The maximum absolute atomic E-state index is 15.0. The maximum atomic E-state index is 15.0. The van der Waals surface area contributed by atoms with Crippen molar-refractivity contribution in [3.05, 3.63) is 12.7 Å². The number of hydrogen-bond acceptors (Lipinski definition) is 0. The summed E-state index contributed by atoms with van der Waals surface area (Å²) in [4.78, 5) is 0. The fourth-order valence-corrected chi connectivity index (χ4v) is 5.97. The van der Waals surface area contributed by atoms with Gasteiger partial charge in [-0.05, 0) is 93.3 Å². The molecule has 0 aromatic heterocycles. The Bertz CT molecular complexity index is 391. The minimum atomic E-state index is -1.20. The smallest absolute Gasteiger partial charge is 0.134 e. The molecular weight excluding hydrogens is 302 g/mol. The van der Waals surface area contributed by atoms with Crippen molar-refractivity contribution in [2.45, 2.75) is 89.9 Å². The first-order chi connectivity index (χ1) is 11.6. The van der Waals surface area contributed by atoms with Crippen molar-refractivity contribution < 1.29 is 8.78 Å². The second-order valence-corrected chi connectivity index (χ2v) is 9.12. The minimum Gasteiger partial charge on any atom is -0.244 e. The Balaban J connectivity index is 1.53. The van der Waals surface area contributed by atoms with Gasteiger partial charge in [-0.25, -0.2) is 8.78 Å². The number of rotatable bonds is 4. The van der Waals surface area contributed by atoms with Gasteiger partial charge in [0.05, 0.1) is 0 Å². The monoisotopic (exact) mass is 338 g/mol. The molecular formula is C22H36F2. The van der Waals surface area contributed by atoms with Crippen LogP contribution in [-0.2, 0) is 0 Å². The van der Waals surface area contributed by atoms with Crippen molar-refractivity contribution >= 4 is 0 Å².